The summed E-state index contributed by atoms with van der Waals surface area (Å²) in [6, 6.07) is 13.9. The second-order valence-electron chi connectivity index (χ2n) is 5.72. The van der Waals surface area contributed by atoms with E-state index in [1.54, 1.807) is 0 Å². The molecule has 0 aliphatic heterocycles. The zero-order valence-electron chi connectivity index (χ0n) is 12.9. The molecule has 0 bridgehead atoms. The lowest BCUT2D eigenvalue weighted by Gasteiger charge is -2.16. The van der Waals surface area contributed by atoms with E-state index in [0.29, 0.717) is 12.0 Å². The molecule has 1 heterocycles. The largest absolute Gasteiger partial charge is 0.309 e. The maximum atomic E-state index is 3.44. The quantitative estimate of drug-likeness (QED) is 0.803. The lowest BCUT2D eigenvalue weighted by molar-refractivity contribution is 0.646. The Balaban J connectivity index is 2.18. The molecule has 1 N–H and O–H groups in total. The summed E-state index contributed by atoms with van der Waals surface area (Å²) in [5.74, 6) is 0.713. The van der Waals surface area contributed by atoms with Gasteiger partial charge in [0.25, 0.3) is 0 Å². The van der Waals surface area contributed by atoms with E-state index in [4.69, 9.17) is 0 Å². The smallest absolute Gasteiger partial charge is 0.0668 e. The SMILES string of the molecule is CCc1ccc(C(NC)c2ccc(CC(C)C)cc2)s1. The van der Waals surface area contributed by atoms with Crippen LogP contribution in [0.3, 0.4) is 0 Å². The molecule has 0 fully saturated rings. The number of thiophene rings is 1. The molecular formula is C18H25NS. The van der Waals surface area contributed by atoms with Gasteiger partial charge < -0.3 is 5.32 Å². The minimum Gasteiger partial charge on any atom is -0.309 e. The van der Waals surface area contributed by atoms with Gasteiger partial charge in [0.1, 0.15) is 0 Å². The Bertz CT molecular complexity index is 525. The van der Waals surface area contributed by atoms with Crippen molar-refractivity contribution in [3.63, 3.8) is 0 Å². The number of hydrogen-bond donors (Lipinski definition) is 1. The van der Waals surface area contributed by atoms with Crippen molar-refractivity contribution < 1.29 is 0 Å². The highest BCUT2D eigenvalue weighted by molar-refractivity contribution is 7.12. The zero-order chi connectivity index (χ0) is 14.5. The molecular weight excluding hydrogens is 262 g/mol. The molecule has 2 heteroatoms. The second kappa shape index (κ2) is 7.05. The van der Waals surface area contributed by atoms with E-state index >= 15 is 0 Å². The van der Waals surface area contributed by atoms with Gasteiger partial charge in [-0.05, 0) is 49.1 Å². The van der Waals surface area contributed by atoms with Crippen molar-refractivity contribution in [3.8, 4) is 0 Å². The predicted molar refractivity (Wildman–Crippen MR) is 89.6 cm³/mol. The van der Waals surface area contributed by atoms with Gasteiger partial charge >= 0.3 is 0 Å². The molecule has 0 saturated heterocycles. The maximum absolute atomic E-state index is 3.44. The fourth-order valence-corrected chi connectivity index (χ4v) is 3.62. The van der Waals surface area contributed by atoms with Crippen molar-refractivity contribution in [2.75, 3.05) is 7.05 Å². The van der Waals surface area contributed by atoms with Gasteiger partial charge in [-0.3, -0.25) is 0 Å². The van der Waals surface area contributed by atoms with Gasteiger partial charge in [-0.25, -0.2) is 0 Å². The van der Waals surface area contributed by atoms with E-state index in [1.165, 1.54) is 20.9 Å². The fourth-order valence-electron chi connectivity index (χ4n) is 2.53. The van der Waals surface area contributed by atoms with Gasteiger partial charge in [0.2, 0.25) is 0 Å². The maximum Gasteiger partial charge on any atom is 0.0668 e. The van der Waals surface area contributed by atoms with Crippen molar-refractivity contribution in [2.45, 2.75) is 39.7 Å². The summed E-state index contributed by atoms with van der Waals surface area (Å²) in [6.07, 6.45) is 2.28. The van der Waals surface area contributed by atoms with Crippen LogP contribution in [0.4, 0.5) is 0 Å². The third-order valence-electron chi connectivity index (χ3n) is 3.56. The molecule has 0 saturated carbocycles. The molecule has 108 valence electrons. The Hall–Kier alpha value is -1.12. The first kappa shape index (κ1) is 15.3. The minimum absolute atomic E-state index is 0.313. The predicted octanol–water partition coefficient (Wildman–Crippen LogP) is 4.82. The van der Waals surface area contributed by atoms with E-state index in [1.807, 2.05) is 18.4 Å². The van der Waals surface area contributed by atoms with Crippen LogP contribution in [0.5, 0.6) is 0 Å². The first-order chi connectivity index (χ1) is 9.63. The van der Waals surface area contributed by atoms with Crippen molar-refractivity contribution in [2.24, 2.45) is 5.92 Å². The lowest BCUT2D eigenvalue weighted by atomic mass is 9.99. The Morgan fingerprint density at radius 3 is 2.25 bits per heavy atom. The van der Waals surface area contributed by atoms with Crippen LogP contribution in [0, 0.1) is 5.92 Å². The van der Waals surface area contributed by atoms with E-state index in [-0.39, 0.29) is 0 Å². The molecule has 1 nitrogen and oxygen atoms in total. The summed E-state index contributed by atoms with van der Waals surface area (Å²) in [6.45, 7) is 6.75. The average Bonchev–Trinajstić information content (AvgIpc) is 2.90. The lowest BCUT2D eigenvalue weighted by Crippen LogP contribution is -2.16. The molecule has 2 rings (SSSR count). The van der Waals surface area contributed by atoms with E-state index in [9.17, 15) is 0 Å². The summed E-state index contributed by atoms with van der Waals surface area (Å²) in [5, 5.41) is 3.44. The summed E-state index contributed by atoms with van der Waals surface area (Å²) in [5.41, 5.74) is 2.78. The van der Waals surface area contributed by atoms with Crippen LogP contribution in [0.2, 0.25) is 0 Å². The molecule has 2 aromatic rings. The molecule has 1 unspecified atom stereocenters. The van der Waals surface area contributed by atoms with Crippen LogP contribution in [0.1, 0.15) is 47.7 Å². The van der Waals surface area contributed by atoms with Gasteiger partial charge in [-0.15, -0.1) is 11.3 Å². The van der Waals surface area contributed by atoms with E-state index in [0.717, 1.165) is 12.8 Å². The standard InChI is InChI=1S/C18H25NS/c1-5-16-10-11-17(20-16)18(19-4)15-8-6-14(7-9-15)12-13(2)3/h6-11,13,18-19H,5,12H2,1-4H3. The molecule has 1 aromatic carbocycles. The Morgan fingerprint density at radius 1 is 1.05 bits per heavy atom. The normalized spacial score (nSPS) is 12.8. The third-order valence-corrected chi connectivity index (χ3v) is 4.86. The van der Waals surface area contributed by atoms with Crippen molar-refractivity contribution >= 4 is 11.3 Å². The van der Waals surface area contributed by atoms with Crippen molar-refractivity contribution in [3.05, 3.63) is 57.3 Å². The number of nitrogens with one attached hydrogen (secondary N) is 1. The topological polar surface area (TPSA) is 12.0 Å². The minimum atomic E-state index is 0.313. The monoisotopic (exact) mass is 287 g/mol. The number of hydrogen-bond acceptors (Lipinski definition) is 2. The first-order valence-corrected chi connectivity index (χ1v) is 8.30. The Morgan fingerprint density at radius 2 is 1.75 bits per heavy atom. The fraction of sp³-hybridized carbons (Fsp3) is 0.444. The van der Waals surface area contributed by atoms with Crippen LogP contribution in [0.25, 0.3) is 0 Å². The molecule has 1 atom stereocenters. The first-order valence-electron chi connectivity index (χ1n) is 7.48. The van der Waals surface area contributed by atoms with E-state index < -0.39 is 0 Å². The molecule has 0 radical (unpaired) electrons. The summed E-state index contributed by atoms with van der Waals surface area (Å²) < 4.78 is 0. The molecule has 0 aliphatic rings. The van der Waals surface area contributed by atoms with Gasteiger partial charge in [0, 0.05) is 9.75 Å². The average molecular weight is 287 g/mol. The number of aryl methyl sites for hydroxylation is 1. The van der Waals surface area contributed by atoms with Crippen molar-refractivity contribution in [1.82, 2.24) is 5.32 Å². The second-order valence-corrected chi connectivity index (χ2v) is 6.92. The number of benzene rings is 1. The number of rotatable bonds is 6. The molecule has 20 heavy (non-hydrogen) atoms. The highest BCUT2D eigenvalue weighted by Crippen LogP contribution is 2.29. The van der Waals surface area contributed by atoms with Crippen LogP contribution >= 0.6 is 11.3 Å². The third kappa shape index (κ3) is 3.71. The highest BCUT2D eigenvalue weighted by Gasteiger charge is 2.14. The zero-order valence-corrected chi connectivity index (χ0v) is 13.8. The summed E-state index contributed by atoms with van der Waals surface area (Å²) in [7, 11) is 2.04. The van der Waals surface area contributed by atoms with Gasteiger partial charge in [-0.2, -0.15) is 0 Å². The van der Waals surface area contributed by atoms with Crippen LogP contribution in [0.15, 0.2) is 36.4 Å². The Kier molecular flexibility index (Phi) is 5.38. The van der Waals surface area contributed by atoms with Crippen LogP contribution in [-0.4, -0.2) is 7.05 Å². The summed E-state index contributed by atoms with van der Waals surface area (Å²) in [4.78, 5) is 2.86. The van der Waals surface area contributed by atoms with Crippen molar-refractivity contribution in [1.29, 1.82) is 0 Å². The highest BCUT2D eigenvalue weighted by atomic mass is 32.1. The van der Waals surface area contributed by atoms with Crippen LogP contribution in [-0.2, 0) is 12.8 Å². The molecule has 1 aromatic heterocycles. The van der Waals surface area contributed by atoms with Gasteiger partial charge in [0.15, 0.2) is 0 Å². The molecule has 0 spiro atoms. The molecule has 0 amide bonds. The molecule has 0 aliphatic carbocycles. The van der Waals surface area contributed by atoms with E-state index in [2.05, 4.69) is 62.5 Å². The van der Waals surface area contributed by atoms with Crippen LogP contribution < -0.4 is 5.32 Å². The van der Waals surface area contributed by atoms with Gasteiger partial charge in [0.05, 0.1) is 6.04 Å². The Labute approximate surface area is 127 Å². The summed E-state index contributed by atoms with van der Waals surface area (Å²) >= 11 is 1.91. The van der Waals surface area contributed by atoms with Gasteiger partial charge in [-0.1, -0.05) is 45.0 Å².